The Labute approximate surface area is 158 Å². The number of urea groups is 1. The summed E-state index contributed by atoms with van der Waals surface area (Å²) in [4.78, 5) is 16.4. The highest BCUT2D eigenvalue weighted by molar-refractivity contribution is 6.30. The third kappa shape index (κ3) is 4.07. The molecule has 2 aliphatic rings. The topological polar surface area (TPSA) is 61.4 Å². The van der Waals surface area contributed by atoms with Crippen LogP contribution in [0.1, 0.15) is 30.0 Å². The lowest BCUT2D eigenvalue weighted by Crippen LogP contribution is -2.52. The van der Waals surface area contributed by atoms with Gasteiger partial charge < -0.3 is 15.1 Å². The van der Waals surface area contributed by atoms with E-state index < -0.39 is 0 Å². The lowest BCUT2D eigenvalue weighted by Gasteiger charge is -2.35. The van der Waals surface area contributed by atoms with Crippen molar-refractivity contribution in [1.29, 1.82) is 0 Å². The molecule has 7 heteroatoms. The maximum Gasteiger partial charge on any atom is 0.317 e. The van der Waals surface area contributed by atoms with Crippen LogP contribution in [0.2, 0.25) is 5.02 Å². The van der Waals surface area contributed by atoms with Gasteiger partial charge in [0.05, 0.1) is 5.69 Å². The Morgan fingerprint density at radius 2 is 1.77 bits per heavy atom. The average Bonchev–Trinajstić information content (AvgIpc) is 3.53. The first-order chi connectivity index (χ1) is 12.7. The fourth-order valence-electron chi connectivity index (χ4n) is 3.13. The molecule has 2 fully saturated rings. The molecule has 1 saturated carbocycles. The van der Waals surface area contributed by atoms with Crippen LogP contribution in [0.5, 0.6) is 0 Å². The number of carbonyl (C=O) groups is 1. The third-order valence-corrected chi connectivity index (χ3v) is 5.17. The fourth-order valence-corrected chi connectivity index (χ4v) is 3.26. The average molecular weight is 372 g/mol. The normalized spacial score (nSPS) is 17.3. The molecule has 0 spiro atoms. The molecule has 1 N–H and O–H groups in total. The van der Waals surface area contributed by atoms with Gasteiger partial charge in [0.2, 0.25) is 0 Å². The van der Waals surface area contributed by atoms with Gasteiger partial charge in [-0.1, -0.05) is 23.7 Å². The number of hydrogen-bond donors (Lipinski definition) is 1. The number of amides is 2. The first kappa shape index (κ1) is 17.1. The van der Waals surface area contributed by atoms with Gasteiger partial charge in [-0.05, 0) is 42.7 Å². The van der Waals surface area contributed by atoms with E-state index in [1.54, 1.807) is 0 Å². The van der Waals surface area contributed by atoms with Crippen LogP contribution in [-0.4, -0.2) is 47.3 Å². The van der Waals surface area contributed by atoms with Gasteiger partial charge in [0, 0.05) is 43.7 Å². The Morgan fingerprint density at radius 1 is 1.04 bits per heavy atom. The van der Waals surface area contributed by atoms with Crippen LogP contribution < -0.4 is 10.2 Å². The van der Waals surface area contributed by atoms with E-state index in [0.29, 0.717) is 30.6 Å². The number of halogens is 1. The van der Waals surface area contributed by atoms with Crippen molar-refractivity contribution in [3.05, 3.63) is 52.7 Å². The molecule has 2 heterocycles. The van der Waals surface area contributed by atoms with Crippen LogP contribution in [0.3, 0.4) is 0 Å². The number of rotatable bonds is 4. The number of benzene rings is 1. The lowest BCUT2D eigenvalue weighted by atomic mass is 10.2. The second-order valence-electron chi connectivity index (χ2n) is 6.85. The van der Waals surface area contributed by atoms with E-state index in [-0.39, 0.29) is 6.03 Å². The SMILES string of the molecule is O=C(NCc1ccc(Cl)cc1)N1CCN(c2ccc(C3CC3)nn2)CC1. The van der Waals surface area contributed by atoms with Crippen molar-refractivity contribution in [2.24, 2.45) is 0 Å². The van der Waals surface area contributed by atoms with Crippen molar-refractivity contribution < 1.29 is 4.79 Å². The van der Waals surface area contributed by atoms with Crippen molar-refractivity contribution in [3.63, 3.8) is 0 Å². The second-order valence-corrected chi connectivity index (χ2v) is 7.29. The number of nitrogens with one attached hydrogen (secondary N) is 1. The third-order valence-electron chi connectivity index (χ3n) is 4.91. The Bertz CT molecular complexity index is 753. The standard InChI is InChI=1S/C19H22ClN5O/c20-16-5-1-14(2-6-16)13-21-19(26)25-11-9-24(10-12-25)18-8-7-17(22-23-18)15-3-4-15/h1-2,5-8,15H,3-4,9-13H2,(H,21,26). The summed E-state index contributed by atoms with van der Waals surface area (Å²) in [7, 11) is 0. The van der Waals surface area contributed by atoms with Crippen LogP contribution in [0, 0.1) is 0 Å². The minimum absolute atomic E-state index is 0.0326. The quantitative estimate of drug-likeness (QED) is 0.897. The van der Waals surface area contributed by atoms with E-state index in [1.165, 1.54) is 12.8 Å². The van der Waals surface area contributed by atoms with E-state index in [2.05, 4.69) is 32.5 Å². The summed E-state index contributed by atoms with van der Waals surface area (Å²) >= 11 is 5.88. The molecular formula is C19H22ClN5O. The molecule has 136 valence electrons. The largest absolute Gasteiger partial charge is 0.352 e. The number of nitrogens with zero attached hydrogens (tertiary/aromatic N) is 4. The van der Waals surface area contributed by atoms with Crippen molar-refractivity contribution in [3.8, 4) is 0 Å². The molecule has 1 aliphatic carbocycles. The van der Waals surface area contributed by atoms with Gasteiger partial charge in [-0.3, -0.25) is 0 Å². The summed E-state index contributed by atoms with van der Waals surface area (Å²) in [5, 5.41) is 12.4. The minimum atomic E-state index is -0.0326. The number of aromatic nitrogens is 2. The van der Waals surface area contributed by atoms with Crippen LogP contribution in [-0.2, 0) is 6.54 Å². The molecule has 6 nitrogen and oxygen atoms in total. The lowest BCUT2D eigenvalue weighted by molar-refractivity contribution is 0.194. The molecule has 1 aromatic heterocycles. The molecule has 1 aliphatic heterocycles. The Morgan fingerprint density at radius 3 is 2.38 bits per heavy atom. The van der Waals surface area contributed by atoms with Gasteiger partial charge >= 0.3 is 6.03 Å². The summed E-state index contributed by atoms with van der Waals surface area (Å²) < 4.78 is 0. The minimum Gasteiger partial charge on any atom is -0.352 e. The summed E-state index contributed by atoms with van der Waals surface area (Å²) in [6.07, 6.45) is 2.47. The van der Waals surface area contributed by atoms with E-state index in [4.69, 9.17) is 11.6 Å². The van der Waals surface area contributed by atoms with E-state index >= 15 is 0 Å². The molecule has 1 aromatic carbocycles. The van der Waals surface area contributed by atoms with Gasteiger partial charge in [0.1, 0.15) is 0 Å². The number of anilines is 1. The van der Waals surface area contributed by atoms with Crippen LogP contribution in [0.15, 0.2) is 36.4 Å². The zero-order valence-corrected chi connectivity index (χ0v) is 15.3. The maximum atomic E-state index is 12.4. The molecule has 2 aromatic rings. The van der Waals surface area contributed by atoms with E-state index in [9.17, 15) is 4.79 Å². The van der Waals surface area contributed by atoms with Gasteiger partial charge in [-0.25, -0.2) is 4.79 Å². The molecule has 1 saturated heterocycles. The molecule has 0 atom stereocenters. The fraction of sp³-hybridized carbons (Fsp3) is 0.421. The maximum absolute atomic E-state index is 12.4. The molecule has 2 amide bonds. The number of piperazine rings is 1. The van der Waals surface area contributed by atoms with Crippen LogP contribution in [0.25, 0.3) is 0 Å². The number of hydrogen-bond acceptors (Lipinski definition) is 4. The summed E-state index contributed by atoms with van der Waals surface area (Å²) in [5.41, 5.74) is 2.14. The van der Waals surface area contributed by atoms with E-state index in [0.717, 1.165) is 30.2 Å². The number of carbonyl (C=O) groups excluding carboxylic acids is 1. The Kier molecular flexibility index (Phi) is 4.93. The Hall–Kier alpha value is -2.34. The van der Waals surface area contributed by atoms with Crippen molar-refractivity contribution in [2.45, 2.75) is 25.3 Å². The molecule has 26 heavy (non-hydrogen) atoms. The highest BCUT2D eigenvalue weighted by Gasteiger charge is 2.26. The van der Waals surface area contributed by atoms with Crippen molar-refractivity contribution in [2.75, 3.05) is 31.1 Å². The Balaban J connectivity index is 1.25. The molecule has 4 rings (SSSR count). The zero-order valence-electron chi connectivity index (χ0n) is 14.6. The van der Waals surface area contributed by atoms with Crippen molar-refractivity contribution >= 4 is 23.4 Å². The van der Waals surface area contributed by atoms with Gasteiger partial charge in [-0.2, -0.15) is 5.10 Å². The second kappa shape index (κ2) is 7.50. The van der Waals surface area contributed by atoms with Gasteiger partial charge in [0.15, 0.2) is 5.82 Å². The predicted molar refractivity (Wildman–Crippen MR) is 101 cm³/mol. The smallest absolute Gasteiger partial charge is 0.317 e. The highest BCUT2D eigenvalue weighted by Crippen LogP contribution is 2.38. The molecule has 0 unspecified atom stereocenters. The first-order valence-corrected chi connectivity index (χ1v) is 9.42. The molecule has 0 radical (unpaired) electrons. The zero-order chi connectivity index (χ0) is 17.9. The van der Waals surface area contributed by atoms with E-state index in [1.807, 2.05) is 29.2 Å². The van der Waals surface area contributed by atoms with Crippen molar-refractivity contribution in [1.82, 2.24) is 20.4 Å². The van der Waals surface area contributed by atoms with Gasteiger partial charge in [0.25, 0.3) is 0 Å². The first-order valence-electron chi connectivity index (χ1n) is 9.05. The molecular weight excluding hydrogens is 350 g/mol. The summed E-state index contributed by atoms with van der Waals surface area (Å²) in [6.45, 7) is 3.40. The summed E-state index contributed by atoms with van der Waals surface area (Å²) in [5.74, 6) is 1.52. The monoisotopic (exact) mass is 371 g/mol. The van der Waals surface area contributed by atoms with Crippen LogP contribution in [0.4, 0.5) is 10.6 Å². The van der Waals surface area contributed by atoms with Gasteiger partial charge in [-0.15, -0.1) is 5.10 Å². The predicted octanol–water partition coefficient (Wildman–Crippen LogP) is 3.04. The van der Waals surface area contributed by atoms with Crippen LogP contribution >= 0.6 is 11.6 Å². The highest BCUT2D eigenvalue weighted by atomic mass is 35.5. The summed E-state index contributed by atoms with van der Waals surface area (Å²) in [6, 6.07) is 11.6. The molecule has 0 bridgehead atoms.